The van der Waals surface area contributed by atoms with Gasteiger partial charge in [-0.25, -0.2) is 0 Å². The second kappa shape index (κ2) is 8.79. The van der Waals surface area contributed by atoms with Crippen molar-refractivity contribution in [1.82, 2.24) is 0 Å². The summed E-state index contributed by atoms with van der Waals surface area (Å²) in [7, 11) is 0. The maximum atomic E-state index is 10.1. The van der Waals surface area contributed by atoms with Crippen molar-refractivity contribution >= 4 is 0 Å². The summed E-state index contributed by atoms with van der Waals surface area (Å²) in [5.41, 5.74) is 0. The molecule has 0 aromatic carbocycles. The van der Waals surface area contributed by atoms with Crippen LogP contribution in [0, 0.1) is 0 Å². The Bertz CT molecular complexity index is 437. The standard InChI is InChI=1S/C18H32O8/c1-9-12(19)4-6-16(23-9)25-14-5-7-17(24-10(14)2)26-18-11(3)22-15(21)8-13(18)20/h9-21H,4-8H2,1-3H3/t9-,10-,11+,12+,13+,14-,15-,16-,17-,18+/m0/s1. The topological polar surface area (TPSA) is 107 Å². The van der Waals surface area contributed by atoms with Gasteiger partial charge >= 0.3 is 0 Å². The summed E-state index contributed by atoms with van der Waals surface area (Å²) in [5.74, 6) is 0. The molecule has 0 unspecified atom stereocenters. The van der Waals surface area contributed by atoms with Gasteiger partial charge in [0.05, 0.1) is 36.6 Å². The minimum absolute atomic E-state index is 0.103. The zero-order valence-corrected chi connectivity index (χ0v) is 15.7. The Morgan fingerprint density at radius 3 is 2.00 bits per heavy atom. The van der Waals surface area contributed by atoms with E-state index in [1.165, 1.54) is 0 Å². The molecule has 10 atom stereocenters. The first-order valence-electron chi connectivity index (χ1n) is 9.65. The third kappa shape index (κ3) is 4.94. The molecule has 152 valence electrons. The molecule has 0 amide bonds. The van der Waals surface area contributed by atoms with Crippen LogP contribution in [0.4, 0.5) is 0 Å². The Morgan fingerprint density at radius 2 is 1.35 bits per heavy atom. The molecule has 0 spiro atoms. The molecule has 0 radical (unpaired) electrons. The minimum Gasteiger partial charge on any atom is -0.390 e. The van der Waals surface area contributed by atoms with Crippen LogP contribution in [-0.2, 0) is 23.7 Å². The van der Waals surface area contributed by atoms with Crippen LogP contribution in [0.5, 0.6) is 0 Å². The van der Waals surface area contributed by atoms with Crippen LogP contribution in [0.25, 0.3) is 0 Å². The lowest BCUT2D eigenvalue weighted by atomic mass is 10.0. The van der Waals surface area contributed by atoms with Gasteiger partial charge in [-0.15, -0.1) is 0 Å². The summed E-state index contributed by atoms with van der Waals surface area (Å²) in [6.07, 6.45) is -1.54. The molecule has 3 rings (SSSR count). The van der Waals surface area contributed by atoms with E-state index in [1.54, 1.807) is 6.92 Å². The fourth-order valence-electron chi connectivity index (χ4n) is 3.85. The third-order valence-corrected chi connectivity index (χ3v) is 5.48. The maximum absolute atomic E-state index is 10.1. The van der Waals surface area contributed by atoms with Crippen molar-refractivity contribution in [1.29, 1.82) is 0 Å². The Balaban J connectivity index is 1.46. The van der Waals surface area contributed by atoms with Crippen LogP contribution in [0.3, 0.4) is 0 Å². The highest BCUT2D eigenvalue weighted by molar-refractivity contribution is 4.83. The first kappa shape index (κ1) is 20.4. The molecule has 3 N–H and O–H groups in total. The summed E-state index contributed by atoms with van der Waals surface area (Å²) < 4.78 is 28.9. The highest BCUT2D eigenvalue weighted by atomic mass is 16.7. The van der Waals surface area contributed by atoms with Crippen molar-refractivity contribution < 1.29 is 39.0 Å². The molecule has 0 saturated carbocycles. The molecule has 8 heteroatoms. The van der Waals surface area contributed by atoms with Crippen molar-refractivity contribution in [3.8, 4) is 0 Å². The van der Waals surface area contributed by atoms with E-state index < -0.39 is 37.0 Å². The number of rotatable bonds is 4. The smallest absolute Gasteiger partial charge is 0.158 e. The van der Waals surface area contributed by atoms with Crippen molar-refractivity contribution in [2.45, 2.75) is 114 Å². The van der Waals surface area contributed by atoms with Crippen molar-refractivity contribution in [3.05, 3.63) is 0 Å². The number of hydrogen-bond donors (Lipinski definition) is 3. The van der Waals surface area contributed by atoms with Crippen LogP contribution >= 0.6 is 0 Å². The lowest BCUT2D eigenvalue weighted by Gasteiger charge is -2.42. The fourth-order valence-corrected chi connectivity index (χ4v) is 3.85. The molecule has 8 nitrogen and oxygen atoms in total. The molecule has 0 aromatic heterocycles. The van der Waals surface area contributed by atoms with Crippen LogP contribution < -0.4 is 0 Å². The molecule has 0 aliphatic carbocycles. The summed E-state index contributed by atoms with van der Waals surface area (Å²) >= 11 is 0. The average Bonchev–Trinajstić information content (AvgIpc) is 2.56. The molecule has 3 fully saturated rings. The van der Waals surface area contributed by atoms with Gasteiger partial charge in [0, 0.05) is 19.3 Å². The second-order valence-corrected chi connectivity index (χ2v) is 7.64. The van der Waals surface area contributed by atoms with E-state index in [0.29, 0.717) is 19.3 Å². The third-order valence-electron chi connectivity index (χ3n) is 5.48. The van der Waals surface area contributed by atoms with E-state index >= 15 is 0 Å². The Kier molecular flexibility index (Phi) is 6.90. The fraction of sp³-hybridized carbons (Fsp3) is 1.00. The molecule has 3 saturated heterocycles. The van der Waals surface area contributed by atoms with E-state index in [2.05, 4.69) is 0 Å². The van der Waals surface area contributed by atoms with E-state index in [4.69, 9.17) is 23.7 Å². The summed E-state index contributed by atoms with van der Waals surface area (Å²) in [6, 6.07) is 0. The van der Waals surface area contributed by atoms with Crippen LogP contribution in [0.2, 0.25) is 0 Å². The lowest BCUT2D eigenvalue weighted by molar-refractivity contribution is -0.312. The van der Waals surface area contributed by atoms with E-state index in [9.17, 15) is 15.3 Å². The van der Waals surface area contributed by atoms with Gasteiger partial charge in [0.25, 0.3) is 0 Å². The normalized spacial score (nSPS) is 50.5. The van der Waals surface area contributed by atoms with E-state index in [0.717, 1.165) is 6.42 Å². The summed E-state index contributed by atoms with van der Waals surface area (Å²) in [5, 5.41) is 29.4. The molecular formula is C18H32O8. The van der Waals surface area contributed by atoms with Gasteiger partial charge < -0.3 is 39.0 Å². The quantitative estimate of drug-likeness (QED) is 0.657. The van der Waals surface area contributed by atoms with Gasteiger partial charge in [0.2, 0.25) is 0 Å². The lowest BCUT2D eigenvalue weighted by Crippen LogP contribution is -2.52. The average molecular weight is 376 g/mol. The van der Waals surface area contributed by atoms with E-state index in [-0.39, 0.29) is 31.0 Å². The largest absolute Gasteiger partial charge is 0.390 e. The Hall–Kier alpha value is -0.320. The van der Waals surface area contributed by atoms with Crippen LogP contribution in [0.1, 0.15) is 52.9 Å². The zero-order chi connectivity index (χ0) is 18.8. The highest BCUT2D eigenvalue weighted by Crippen LogP contribution is 2.30. The SMILES string of the molecule is C[C@@H]1O[C@@H](O[C@H]2CC[C@H](O[C@H]3[C@H](O)C[C@@H](O)O[C@@H]3C)O[C@H]2C)CC[C@H]1O. The number of hydrogen-bond acceptors (Lipinski definition) is 8. The first-order valence-corrected chi connectivity index (χ1v) is 9.65. The summed E-state index contributed by atoms with van der Waals surface area (Å²) in [6.45, 7) is 5.55. The Labute approximate surface area is 154 Å². The van der Waals surface area contributed by atoms with Gasteiger partial charge in [0.1, 0.15) is 6.10 Å². The predicted octanol–water partition coefficient (Wildman–Crippen LogP) is 0.656. The first-order chi connectivity index (χ1) is 12.3. The molecule has 0 aromatic rings. The minimum atomic E-state index is -0.958. The van der Waals surface area contributed by atoms with Gasteiger partial charge in [-0.1, -0.05) is 0 Å². The van der Waals surface area contributed by atoms with E-state index in [1.807, 2.05) is 13.8 Å². The van der Waals surface area contributed by atoms with Crippen molar-refractivity contribution in [2.75, 3.05) is 0 Å². The Morgan fingerprint density at radius 1 is 0.692 bits per heavy atom. The zero-order valence-electron chi connectivity index (χ0n) is 15.7. The summed E-state index contributed by atoms with van der Waals surface area (Å²) in [4.78, 5) is 0. The number of aliphatic hydroxyl groups is 3. The van der Waals surface area contributed by atoms with Gasteiger partial charge in [-0.3, -0.25) is 0 Å². The highest BCUT2D eigenvalue weighted by Gasteiger charge is 2.40. The van der Waals surface area contributed by atoms with Crippen molar-refractivity contribution in [2.24, 2.45) is 0 Å². The predicted molar refractivity (Wildman–Crippen MR) is 90.1 cm³/mol. The molecular weight excluding hydrogens is 344 g/mol. The van der Waals surface area contributed by atoms with Gasteiger partial charge in [-0.2, -0.15) is 0 Å². The molecule has 26 heavy (non-hydrogen) atoms. The molecule has 3 aliphatic rings. The van der Waals surface area contributed by atoms with Gasteiger partial charge in [0.15, 0.2) is 18.9 Å². The molecule has 0 bridgehead atoms. The van der Waals surface area contributed by atoms with Crippen molar-refractivity contribution in [3.63, 3.8) is 0 Å². The molecule has 3 aliphatic heterocycles. The van der Waals surface area contributed by atoms with Gasteiger partial charge in [-0.05, 0) is 33.6 Å². The second-order valence-electron chi connectivity index (χ2n) is 7.64. The molecule has 3 heterocycles. The van der Waals surface area contributed by atoms with Crippen LogP contribution in [0.15, 0.2) is 0 Å². The number of ether oxygens (including phenoxy) is 5. The monoisotopic (exact) mass is 376 g/mol. The van der Waals surface area contributed by atoms with Crippen LogP contribution in [-0.4, -0.2) is 76.9 Å². The number of aliphatic hydroxyl groups excluding tert-OH is 3. The maximum Gasteiger partial charge on any atom is 0.158 e.